The van der Waals surface area contributed by atoms with Crippen molar-refractivity contribution in [1.82, 2.24) is 10.2 Å². The van der Waals surface area contributed by atoms with Crippen LogP contribution in [-0.4, -0.2) is 50.5 Å². The van der Waals surface area contributed by atoms with Gasteiger partial charge in [0.2, 0.25) is 21.8 Å². The first-order valence-electron chi connectivity index (χ1n) is 11.7. The fraction of sp³-hybridized carbons (Fsp3) is 0.462. The highest BCUT2D eigenvalue weighted by molar-refractivity contribution is 7.92. The maximum absolute atomic E-state index is 13.7. The molecule has 0 unspecified atom stereocenters. The van der Waals surface area contributed by atoms with Gasteiger partial charge in [0.1, 0.15) is 12.6 Å². The Hall–Kier alpha value is -2.58. The normalized spacial score (nSPS) is 12.3. The molecule has 1 atom stereocenters. The Balaban J connectivity index is 2.48. The average molecular weight is 522 g/mol. The van der Waals surface area contributed by atoms with Gasteiger partial charge in [0.25, 0.3) is 0 Å². The van der Waals surface area contributed by atoms with E-state index in [0.29, 0.717) is 29.2 Å². The van der Waals surface area contributed by atoms with E-state index in [1.165, 1.54) is 4.90 Å². The summed E-state index contributed by atoms with van der Waals surface area (Å²) in [4.78, 5) is 28.3. The Labute approximate surface area is 214 Å². The van der Waals surface area contributed by atoms with Gasteiger partial charge in [-0.15, -0.1) is 0 Å². The van der Waals surface area contributed by atoms with Crippen molar-refractivity contribution >= 4 is 39.1 Å². The number of halogens is 1. The number of sulfonamides is 1. The molecule has 0 aromatic heterocycles. The zero-order valence-corrected chi connectivity index (χ0v) is 22.9. The second-order valence-electron chi connectivity index (χ2n) is 9.16. The van der Waals surface area contributed by atoms with Gasteiger partial charge in [0.05, 0.1) is 11.9 Å². The number of amides is 2. The molecule has 2 amide bonds. The van der Waals surface area contributed by atoms with Gasteiger partial charge < -0.3 is 10.2 Å². The Bertz CT molecular complexity index is 1150. The van der Waals surface area contributed by atoms with E-state index in [9.17, 15) is 18.0 Å². The van der Waals surface area contributed by atoms with E-state index in [-0.39, 0.29) is 18.4 Å². The number of carbonyl (C=O) groups excluding carboxylic acids is 2. The molecule has 2 rings (SSSR count). The zero-order chi connectivity index (χ0) is 26.3. The molecule has 0 aliphatic rings. The number of aryl methyl sites for hydroxylation is 1. The lowest BCUT2D eigenvalue weighted by Crippen LogP contribution is -2.52. The van der Waals surface area contributed by atoms with Gasteiger partial charge in [0.15, 0.2) is 0 Å². The summed E-state index contributed by atoms with van der Waals surface area (Å²) in [6.07, 6.45) is 1.44. The maximum atomic E-state index is 13.7. The van der Waals surface area contributed by atoms with Gasteiger partial charge in [0, 0.05) is 18.1 Å². The summed E-state index contributed by atoms with van der Waals surface area (Å²) in [6.45, 7) is 9.70. The van der Waals surface area contributed by atoms with Crippen molar-refractivity contribution in [3.8, 4) is 0 Å². The van der Waals surface area contributed by atoms with E-state index in [1.807, 2.05) is 52.0 Å². The molecule has 0 heterocycles. The molecule has 2 aromatic rings. The van der Waals surface area contributed by atoms with Crippen LogP contribution in [0.5, 0.6) is 0 Å². The highest BCUT2D eigenvalue weighted by Crippen LogP contribution is 2.28. The molecule has 7 nitrogen and oxygen atoms in total. The van der Waals surface area contributed by atoms with Crippen LogP contribution in [0.1, 0.15) is 43.9 Å². The summed E-state index contributed by atoms with van der Waals surface area (Å²) in [6, 6.07) is 11.8. The van der Waals surface area contributed by atoms with Crippen molar-refractivity contribution in [2.45, 2.75) is 53.6 Å². The molecule has 2 aromatic carbocycles. The molecular weight excluding hydrogens is 486 g/mol. The van der Waals surface area contributed by atoms with Crippen LogP contribution in [0.25, 0.3) is 0 Å². The van der Waals surface area contributed by atoms with E-state index in [1.54, 1.807) is 25.1 Å². The van der Waals surface area contributed by atoms with E-state index in [2.05, 4.69) is 5.32 Å². The van der Waals surface area contributed by atoms with Crippen LogP contribution in [-0.2, 0) is 26.2 Å². The van der Waals surface area contributed by atoms with Gasteiger partial charge in [-0.3, -0.25) is 13.9 Å². The molecule has 9 heteroatoms. The second-order valence-corrected chi connectivity index (χ2v) is 11.5. The van der Waals surface area contributed by atoms with Crippen molar-refractivity contribution in [3.05, 3.63) is 64.2 Å². The number of nitrogens with one attached hydrogen (secondary N) is 1. The third-order valence-corrected chi connectivity index (χ3v) is 7.40. The molecule has 0 radical (unpaired) electrons. The van der Waals surface area contributed by atoms with Crippen molar-refractivity contribution in [1.29, 1.82) is 0 Å². The van der Waals surface area contributed by atoms with Crippen molar-refractivity contribution in [2.24, 2.45) is 5.92 Å². The molecule has 192 valence electrons. The first kappa shape index (κ1) is 28.7. The van der Waals surface area contributed by atoms with Gasteiger partial charge in [-0.25, -0.2) is 8.42 Å². The zero-order valence-electron chi connectivity index (χ0n) is 21.3. The van der Waals surface area contributed by atoms with Crippen LogP contribution < -0.4 is 9.62 Å². The van der Waals surface area contributed by atoms with Crippen LogP contribution in [0.3, 0.4) is 0 Å². The minimum absolute atomic E-state index is 0.186. The topological polar surface area (TPSA) is 86.8 Å². The van der Waals surface area contributed by atoms with E-state index in [4.69, 9.17) is 11.6 Å². The number of hydrogen-bond acceptors (Lipinski definition) is 4. The Kier molecular flexibility index (Phi) is 10.2. The van der Waals surface area contributed by atoms with Crippen molar-refractivity contribution < 1.29 is 18.0 Å². The summed E-state index contributed by atoms with van der Waals surface area (Å²) in [5.41, 5.74) is 2.76. The lowest BCUT2D eigenvalue weighted by atomic mass is 10.1. The molecule has 0 spiro atoms. The molecule has 0 aliphatic heterocycles. The summed E-state index contributed by atoms with van der Waals surface area (Å²) in [5.74, 6) is -0.471. The quantitative estimate of drug-likeness (QED) is 0.477. The van der Waals surface area contributed by atoms with E-state index >= 15 is 0 Å². The molecular formula is C26H36ClN3O4S. The van der Waals surface area contributed by atoms with E-state index in [0.717, 1.165) is 21.7 Å². The first-order chi connectivity index (χ1) is 16.4. The van der Waals surface area contributed by atoms with Crippen LogP contribution in [0.4, 0.5) is 5.69 Å². The average Bonchev–Trinajstić information content (AvgIpc) is 2.78. The number of carbonyl (C=O) groups is 2. The molecule has 0 aliphatic carbocycles. The Morgan fingerprint density at radius 2 is 1.71 bits per heavy atom. The monoisotopic (exact) mass is 521 g/mol. The predicted octanol–water partition coefficient (Wildman–Crippen LogP) is 4.30. The number of rotatable bonds is 11. The standard InChI is InChI=1S/C26H36ClN3O4S/c1-7-23(26(32)28-15-18(2)3)29(16-21-12-9-8-11-19(21)4)25(31)17-30(35(6,33)34)24-14-10-13-22(27)20(24)5/h8-14,18,23H,7,15-17H2,1-6H3,(H,28,32)/t23-/m1/s1. The summed E-state index contributed by atoms with van der Waals surface area (Å²) < 4.78 is 26.6. The Morgan fingerprint density at radius 1 is 1.06 bits per heavy atom. The molecule has 0 saturated carbocycles. The largest absolute Gasteiger partial charge is 0.354 e. The smallest absolute Gasteiger partial charge is 0.244 e. The SMILES string of the molecule is CC[C@H](C(=O)NCC(C)C)N(Cc1ccccc1C)C(=O)CN(c1cccc(Cl)c1C)S(C)(=O)=O. The van der Waals surface area contributed by atoms with E-state index < -0.39 is 28.5 Å². The fourth-order valence-electron chi connectivity index (χ4n) is 3.77. The fourth-order valence-corrected chi connectivity index (χ4v) is 4.84. The van der Waals surface area contributed by atoms with Crippen LogP contribution in [0, 0.1) is 19.8 Å². The lowest BCUT2D eigenvalue weighted by Gasteiger charge is -2.33. The lowest BCUT2D eigenvalue weighted by molar-refractivity contribution is -0.140. The van der Waals surface area contributed by atoms with Gasteiger partial charge in [-0.2, -0.15) is 0 Å². The van der Waals surface area contributed by atoms with Crippen molar-refractivity contribution in [3.63, 3.8) is 0 Å². The number of hydrogen-bond donors (Lipinski definition) is 1. The second kappa shape index (κ2) is 12.4. The van der Waals surface area contributed by atoms with Crippen LogP contribution in [0.15, 0.2) is 42.5 Å². The van der Waals surface area contributed by atoms with Gasteiger partial charge in [-0.1, -0.05) is 62.7 Å². The Morgan fingerprint density at radius 3 is 2.29 bits per heavy atom. The highest BCUT2D eigenvalue weighted by Gasteiger charge is 2.32. The maximum Gasteiger partial charge on any atom is 0.244 e. The summed E-state index contributed by atoms with van der Waals surface area (Å²) in [7, 11) is -3.81. The first-order valence-corrected chi connectivity index (χ1v) is 13.9. The number of anilines is 1. The summed E-state index contributed by atoms with van der Waals surface area (Å²) in [5, 5.41) is 3.32. The molecule has 35 heavy (non-hydrogen) atoms. The van der Waals surface area contributed by atoms with Crippen LogP contribution in [0.2, 0.25) is 5.02 Å². The summed E-state index contributed by atoms with van der Waals surface area (Å²) >= 11 is 6.24. The highest BCUT2D eigenvalue weighted by atomic mass is 35.5. The third-order valence-electron chi connectivity index (χ3n) is 5.86. The molecule has 0 bridgehead atoms. The van der Waals surface area contributed by atoms with Gasteiger partial charge in [-0.05, 0) is 55.0 Å². The minimum atomic E-state index is -3.81. The van der Waals surface area contributed by atoms with Crippen LogP contribution >= 0.6 is 11.6 Å². The van der Waals surface area contributed by atoms with Gasteiger partial charge >= 0.3 is 0 Å². The molecule has 1 N–H and O–H groups in total. The third kappa shape index (κ3) is 7.70. The number of benzene rings is 2. The number of nitrogens with zero attached hydrogens (tertiary/aromatic N) is 2. The van der Waals surface area contributed by atoms with Crippen molar-refractivity contribution in [2.75, 3.05) is 23.7 Å². The molecule has 0 fully saturated rings. The predicted molar refractivity (Wildman–Crippen MR) is 142 cm³/mol. The molecule has 0 saturated heterocycles. The minimum Gasteiger partial charge on any atom is -0.354 e.